The SMILES string of the molecule is c1ccc(-c2ccc(-c3ccc(-n4c5ccccc5c5ccc(-n6c7ccccc7c7cc(-n8c9ccccc9c9ccccc98)ccc76)cc54)c4c3sc3ccccc34)cc2)cc1. The van der Waals surface area contributed by atoms with Gasteiger partial charge in [-0.25, -0.2) is 0 Å². The smallest absolute Gasteiger partial charge is 0.0562 e. The molecule has 0 aliphatic rings. The highest BCUT2D eigenvalue weighted by Crippen LogP contribution is 2.46. The molecule has 0 amide bonds. The maximum Gasteiger partial charge on any atom is 0.0562 e. The van der Waals surface area contributed by atoms with Crippen LogP contribution in [0.3, 0.4) is 0 Å². The van der Waals surface area contributed by atoms with Crippen LogP contribution in [0.2, 0.25) is 0 Å². The minimum atomic E-state index is 1.13. The van der Waals surface area contributed by atoms with Crippen molar-refractivity contribution in [2.75, 3.05) is 0 Å². The quantitative estimate of drug-likeness (QED) is 0.164. The fourth-order valence-corrected chi connectivity index (χ4v) is 11.9. The van der Waals surface area contributed by atoms with E-state index in [1.807, 2.05) is 11.3 Å². The Morgan fingerprint density at radius 3 is 1.41 bits per heavy atom. The summed E-state index contributed by atoms with van der Waals surface area (Å²) in [5.41, 5.74) is 15.6. The number of thiophene rings is 1. The Morgan fingerprint density at radius 2 is 0.750 bits per heavy atom. The molecule has 0 aliphatic carbocycles. The highest BCUT2D eigenvalue weighted by molar-refractivity contribution is 7.26. The van der Waals surface area contributed by atoms with Crippen molar-refractivity contribution in [2.45, 2.75) is 0 Å². The van der Waals surface area contributed by atoms with E-state index in [9.17, 15) is 0 Å². The average molecular weight is 832 g/mol. The minimum absolute atomic E-state index is 1.13. The van der Waals surface area contributed by atoms with Gasteiger partial charge in [0.2, 0.25) is 0 Å². The first-order valence-corrected chi connectivity index (χ1v) is 22.7. The lowest BCUT2D eigenvalue weighted by Crippen LogP contribution is -1.98. The van der Waals surface area contributed by atoms with Gasteiger partial charge in [0, 0.05) is 63.9 Å². The molecule has 0 atom stereocenters. The summed E-state index contributed by atoms with van der Waals surface area (Å²) in [5, 5.41) is 10.1. The number of para-hydroxylation sites is 4. The second kappa shape index (κ2) is 13.7. The number of rotatable bonds is 5. The zero-order valence-electron chi connectivity index (χ0n) is 34.6. The second-order valence-electron chi connectivity index (χ2n) is 16.9. The normalized spacial score (nSPS) is 12.1. The molecule has 0 saturated carbocycles. The predicted octanol–water partition coefficient (Wildman–Crippen LogP) is 16.7. The lowest BCUT2D eigenvalue weighted by atomic mass is 9.98. The third-order valence-electron chi connectivity index (χ3n) is 13.5. The van der Waals surface area contributed by atoms with Gasteiger partial charge in [0.1, 0.15) is 0 Å². The van der Waals surface area contributed by atoms with E-state index in [1.54, 1.807) is 0 Å². The fourth-order valence-electron chi connectivity index (χ4n) is 10.6. The summed E-state index contributed by atoms with van der Waals surface area (Å²) in [7, 11) is 0. The molecule has 3 nitrogen and oxygen atoms in total. The Bertz CT molecular complexity index is 4130. The highest BCUT2D eigenvalue weighted by Gasteiger charge is 2.22. The molecule has 4 aromatic heterocycles. The van der Waals surface area contributed by atoms with Gasteiger partial charge in [-0.05, 0) is 89.0 Å². The van der Waals surface area contributed by atoms with Gasteiger partial charge in [0.05, 0.1) is 38.8 Å². The van der Waals surface area contributed by atoms with E-state index < -0.39 is 0 Å². The molecule has 64 heavy (non-hydrogen) atoms. The molecule has 0 saturated heterocycles. The van der Waals surface area contributed by atoms with E-state index in [2.05, 4.69) is 238 Å². The maximum atomic E-state index is 2.52. The number of nitrogens with zero attached hydrogens (tertiary/aromatic N) is 3. The molecular weight excluding hydrogens is 795 g/mol. The molecule has 14 rings (SSSR count). The predicted molar refractivity (Wildman–Crippen MR) is 273 cm³/mol. The molecule has 0 N–H and O–H groups in total. The molecule has 10 aromatic carbocycles. The molecule has 0 unspecified atom stereocenters. The number of hydrogen-bond acceptors (Lipinski definition) is 1. The zero-order valence-corrected chi connectivity index (χ0v) is 35.4. The third-order valence-corrected chi connectivity index (χ3v) is 14.7. The Kier molecular flexibility index (Phi) is 7.56. The Hall–Kier alpha value is -8.18. The van der Waals surface area contributed by atoms with E-state index in [1.165, 1.54) is 114 Å². The topological polar surface area (TPSA) is 14.8 Å². The molecule has 4 heteroatoms. The van der Waals surface area contributed by atoms with Crippen LogP contribution in [0.4, 0.5) is 0 Å². The molecule has 0 spiro atoms. The maximum absolute atomic E-state index is 2.52. The second-order valence-corrected chi connectivity index (χ2v) is 17.9. The number of benzene rings is 10. The monoisotopic (exact) mass is 831 g/mol. The summed E-state index contributed by atoms with van der Waals surface area (Å²) >= 11 is 1.89. The van der Waals surface area contributed by atoms with Crippen molar-refractivity contribution in [3.8, 4) is 39.3 Å². The van der Waals surface area contributed by atoms with E-state index in [4.69, 9.17) is 0 Å². The summed E-state index contributed by atoms with van der Waals surface area (Å²) < 4.78 is 9.99. The van der Waals surface area contributed by atoms with Crippen LogP contribution in [-0.2, 0) is 0 Å². The van der Waals surface area contributed by atoms with Crippen LogP contribution >= 0.6 is 11.3 Å². The standard InChI is InChI=1S/C60H37N3S/c1-2-14-38(15-3-1)39-26-28-40(29-27-39)43-33-35-56(59-49-20-8-13-25-58(49)64-60(43)59)63-54-24-12-6-18-46(54)48-32-30-42(37-57(48)63)62-53-23-11-7-19-47(53)50-36-41(31-34-55(50)62)61-51-21-9-4-16-44(51)45-17-5-10-22-52(45)61/h1-37H. The van der Waals surface area contributed by atoms with Gasteiger partial charge >= 0.3 is 0 Å². The molecular formula is C60H37N3S. The first kappa shape index (κ1) is 35.4. The van der Waals surface area contributed by atoms with Crippen molar-refractivity contribution in [3.63, 3.8) is 0 Å². The van der Waals surface area contributed by atoms with Gasteiger partial charge in [-0.15, -0.1) is 11.3 Å². The van der Waals surface area contributed by atoms with Crippen LogP contribution in [0.1, 0.15) is 0 Å². The van der Waals surface area contributed by atoms with E-state index in [0.29, 0.717) is 0 Å². The molecule has 298 valence electrons. The fraction of sp³-hybridized carbons (Fsp3) is 0. The van der Waals surface area contributed by atoms with Crippen molar-refractivity contribution < 1.29 is 0 Å². The van der Waals surface area contributed by atoms with Crippen LogP contribution in [0.25, 0.3) is 125 Å². The lowest BCUT2D eigenvalue weighted by Gasteiger charge is -2.14. The largest absolute Gasteiger partial charge is 0.309 e. The van der Waals surface area contributed by atoms with Gasteiger partial charge in [-0.2, -0.15) is 0 Å². The first-order valence-electron chi connectivity index (χ1n) is 21.9. The minimum Gasteiger partial charge on any atom is -0.309 e. The van der Waals surface area contributed by atoms with Gasteiger partial charge in [0.25, 0.3) is 0 Å². The first-order chi connectivity index (χ1) is 31.8. The summed E-state index contributed by atoms with van der Waals surface area (Å²) in [4.78, 5) is 0. The van der Waals surface area contributed by atoms with Crippen LogP contribution in [0, 0.1) is 0 Å². The van der Waals surface area contributed by atoms with Crippen LogP contribution in [-0.4, -0.2) is 13.7 Å². The summed E-state index contributed by atoms with van der Waals surface area (Å²) in [6.07, 6.45) is 0. The zero-order chi connectivity index (χ0) is 41.9. The Morgan fingerprint density at radius 1 is 0.281 bits per heavy atom. The van der Waals surface area contributed by atoms with Crippen LogP contribution < -0.4 is 0 Å². The van der Waals surface area contributed by atoms with Crippen molar-refractivity contribution in [1.82, 2.24) is 13.7 Å². The van der Waals surface area contributed by atoms with E-state index >= 15 is 0 Å². The molecule has 0 radical (unpaired) electrons. The van der Waals surface area contributed by atoms with E-state index in [-0.39, 0.29) is 0 Å². The van der Waals surface area contributed by atoms with Crippen molar-refractivity contribution >= 4 is 96.9 Å². The molecule has 0 aliphatic heterocycles. The number of hydrogen-bond donors (Lipinski definition) is 0. The van der Waals surface area contributed by atoms with Crippen molar-refractivity contribution in [1.29, 1.82) is 0 Å². The molecule has 0 fully saturated rings. The van der Waals surface area contributed by atoms with Crippen molar-refractivity contribution in [3.05, 3.63) is 224 Å². The Labute approximate surface area is 372 Å². The van der Waals surface area contributed by atoms with Gasteiger partial charge in [-0.3, -0.25) is 0 Å². The average Bonchev–Trinajstić information content (AvgIpc) is 4.11. The van der Waals surface area contributed by atoms with E-state index in [0.717, 1.165) is 11.4 Å². The summed E-state index contributed by atoms with van der Waals surface area (Å²) in [6.45, 7) is 0. The summed E-state index contributed by atoms with van der Waals surface area (Å²) in [6, 6.07) is 82.6. The molecule has 0 bridgehead atoms. The van der Waals surface area contributed by atoms with Crippen molar-refractivity contribution in [2.24, 2.45) is 0 Å². The van der Waals surface area contributed by atoms with Crippen LogP contribution in [0.15, 0.2) is 224 Å². The van der Waals surface area contributed by atoms with Crippen LogP contribution in [0.5, 0.6) is 0 Å². The lowest BCUT2D eigenvalue weighted by molar-refractivity contribution is 1.16. The van der Waals surface area contributed by atoms with Gasteiger partial charge in [0.15, 0.2) is 0 Å². The Balaban J connectivity index is 0.989. The summed E-state index contributed by atoms with van der Waals surface area (Å²) in [5.74, 6) is 0. The highest BCUT2D eigenvalue weighted by atomic mass is 32.1. The third kappa shape index (κ3) is 5.09. The molecule has 4 heterocycles. The van der Waals surface area contributed by atoms with Gasteiger partial charge in [-0.1, -0.05) is 158 Å². The van der Waals surface area contributed by atoms with Gasteiger partial charge < -0.3 is 13.7 Å². The number of fused-ring (bicyclic) bond motifs is 12. The molecule has 14 aromatic rings. The number of aromatic nitrogens is 3.